The zero-order valence-corrected chi connectivity index (χ0v) is 13.6. The van der Waals surface area contributed by atoms with Crippen molar-refractivity contribution in [1.82, 2.24) is 5.32 Å². The van der Waals surface area contributed by atoms with Crippen molar-refractivity contribution in [3.63, 3.8) is 0 Å². The summed E-state index contributed by atoms with van der Waals surface area (Å²) in [6, 6.07) is 7.02. The first-order valence-electron chi connectivity index (χ1n) is 6.95. The summed E-state index contributed by atoms with van der Waals surface area (Å²) in [5.74, 6) is -0.350. The second-order valence-electron chi connectivity index (χ2n) is 5.73. The molecule has 1 aromatic carbocycles. The van der Waals surface area contributed by atoms with E-state index in [0.29, 0.717) is 5.75 Å². The number of amides is 1. The molecule has 1 aromatic rings. The summed E-state index contributed by atoms with van der Waals surface area (Å²) in [5.41, 5.74) is 0.133. The van der Waals surface area contributed by atoms with Gasteiger partial charge >= 0.3 is 12.1 Å². The number of benzene rings is 1. The Hall–Kier alpha value is -2.24. The molecule has 0 radical (unpaired) electrons. The molecule has 0 aliphatic carbocycles. The van der Waals surface area contributed by atoms with E-state index in [2.05, 4.69) is 5.32 Å². The molecule has 0 saturated heterocycles. The molecule has 0 spiro atoms. The number of methoxy groups -OCH3 is 2. The number of alkyl carbamates (subject to hydrolysis) is 1. The van der Waals surface area contributed by atoms with Crippen molar-refractivity contribution < 1.29 is 23.8 Å². The molecule has 6 heteroatoms. The van der Waals surface area contributed by atoms with Gasteiger partial charge in [-0.05, 0) is 38.5 Å². The van der Waals surface area contributed by atoms with Crippen LogP contribution in [0.3, 0.4) is 0 Å². The summed E-state index contributed by atoms with van der Waals surface area (Å²) in [7, 11) is 2.88. The molecule has 0 fully saturated rings. The molecule has 22 heavy (non-hydrogen) atoms. The molecule has 1 amide bonds. The van der Waals surface area contributed by atoms with Crippen molar-refractivity contribution in [2.24, 2.45) is 0 Å². The van der Waals surface area contributed by atoms with Crippen LogP contribution in [-0.4, -0.2) is 38.4 Å². The predicted molar refractivity (Wildman–Crippen MR) is 82.0 cm³/mol. The molecular formula is C16H23NO5. The van der Waals surface area contributed by atoms with Crippen molar-refractivity contribution in [2.45, 2.75) is 32.3 Å². The Balaban J connectivity index is 2.76. The van der Waals surface area contributed by atoms with Crippen LogP contribution in [0.15, 0.2) is 24.3 Å². The van der Waals surface area contributed by atoms with Gasteiger partial charge in [-0.15, -0.1) is 0 Å². The first kappa shape index (κ1) is 17.8. The topological polar surface area (TPSA) is 73.9 Å². The summed E-state index contributed by atoms with van der Waals surface area (Å²) in [6.45, 7) is 5.41. The van der Waals surface area contributed by atoms with E-state index in [-0.39, 0.29) is 6.54 Å². The van der Waals surface area contributed by atoms with Crippen molar-refractivity contribution in [1.29, 1.82) is 0 Å². The van der Waals surface area contributed by atoms with E-state index >= 15 is 0 Å². The molecule has 6 nitrogen and oxygen atoms in total. The van der Waals surface area contributed by atoms with Gasteiger partial charge < -0.3 is 19.5 Å². The first-order chi connectivity index (χ1) is 10.3. The lowest BCUT2D eigenvalue weighted by Crippen LogP contribution is -2.36. The molecule has 0 bridgehead atoms. The third-order valence-electron chi connectivity index (χ3n) is 2.85. The van der Waals surface area contributed by atoms with E-state index in [9.17, 15) is 9.59 Å². The Bertz CT molecular complexity index is 504. The molecule has 1 unspecified atom stereocenters. The van der Waals surface area contributed by atoms with Gasteiger partial charge in [0.2, 0.25) is 0 Å². The fourth-order valence-electron chi connectivity index (χ4n) is 1.82. The van der Waals surface area contributed by atoms with Crippen LogP contribution < -0.4 is 10.1 Å². The number of rotatable bonds is 5. The fourth-order valence-corrected chi connectivity index (χ4v) is 1.82. The van der Waals surface area contributed by atoms with Crippen LogP contribution >= 0.6 is 0 Å². The molecule has 1 rings (SSSR count). The second kappa shape index (κ2) is 7.68. The van der Waals surface area contributed by atoms with E-state index in [1.807, 2.05) is 0 Å². The van der Waals surface area contributed by atoms with Crippen LogP contribution in [0.1, 0.15) is 32.3 Å². The zero-order chi connectivity index (χ0) is 16.8. The maximum Gasteiger partial charge on any atom is 0.407 e. The molecule has 1 N–H and O–H groups in total. The molecule has 0 saturated carbocycles. The Morgan fingerprint density at radius 1 is 1.14 bits per heavy atom. The van der Waals surface area contributed by atoms with Crippen LogP contribution in [0, 0.1) is 0 Å². The average molecular weight is 309 g/mol. The molecule has 0 aliphatic rings. The van der Waals surface area contributed by atoms with E-state index in [1.165, 1.54) is 7.11 Å². The van der Waals surface area contributed by atoms with Gasteiger partial charge in [0, 0.05) is 6.54 Å². The van der Waals surface area contributed by atoms with Crippen LogP contribution in [0.2, 0.25) is 0 Å². The maximum absolute atomic E-state index is 11.9. The van der Waals surface area contributed by atoms with E-state index in [4.69, 9.17) is 14.2 Å². The monoisotopic (exact) mass is 309 g/mol. The quantitative estimate of drug-likeness (QED) is 0.846. The van der Waals surface area contributed by atoms with E-state index in [1.54, 1.807) is 52.1 Å². The van der Waals surface area contributed by atoms with Gasteiger partial charge in [-0.2, -0.15) is 0 Å². The van der Waals surface area contributed by atoms with Crippen molar-refractivity contribution in [3.05, 3.63) is 29.8 Å². The Morgan fingerprint density at radius 2 is 1.73 bits per heavy atom. The summed E-state index contributed by atoms with van der Waals surface area (Å²) in [4.78, 5) is 23.6. The Kier molecular flexibility index (Phi) is 6.22. The van der Waals surface area contributed by atoms with Crippen molar-refractivity contribution in [3.8, 4) is 5.75 Å². The second-order valence-corrected chi connectivity index (χ2v) is 5.73. The number of carbonyl (C=O) groups excluding carboxylic acids is 2. The number of esters is 1. The zero-order valence-electron chi connectivity index (χ0n) is 13.6. The minimum atomic E-state index is -0.608. The number of ether oxygens (including phenoxy) is 3. The van der Waals surface area contributed by atoms with Gasteiger partial charge in [-0.3, -0.25) is 4.79 Å². The molecule has 122 valence electrons. The molecular weight excluding hydrogens is 286 g/mol. The van der Waals surface area contributed by atoms with Crippen LogP contribution in [0.25, 0.3) is 0 Å². The summed E-state index contributed by atoms with van der Waals surface area (Å²) >= 11 is 0. The predicted octanol–water partition coefficient (Wildman–Crippen LogP) is 2.48. The average Bonchev–Trinajstić information content (AvgIpc) is 2.45. The first-order valence-corrected chi connectivity index (χ1v) is 6.95. The van der Waals surface area contributed by atoms with E-state index in [0.717, 1.165) is 5.56 Å². The maximum atomic E-state index is 11.9. The van der Waals surface area contributed by atoms with Crippen LogP contribution in [-0.2, 0) is 14.3 Å². The summed E-state index contributed by atoms with van der Waals surface area (Å²) < 4.78 is 15.0. The third kappa shape index (κ3) is 5.63. The van der Waals surface area contributed by atoms with Crippen LogP contribution in [0.5, 0.6) is 5.75 Å². The Morgan fingerprint density at radius 3 is 2.18 bits per heavy atom. The lowest BCUT2D eigenvalue weighted by atomic mass is 9.99. The van der Waals surface area contributed by atoms with Crippen LogP contribution in [0.4, 0.5) is 4.79 Å². The Labute approximate surface area is 130 Å². The standard InChI is InChI=1S/C16H23NO5/c1-16(2,3)22-15(19)17-10-13(14(18)21-5)11-6-8-12(20-4)9-7-11/h6-9,13H,10H2,1-5H3,(H,17,19). The minimum Gasteiger partial charge on any atom is -0.497 e. The van der Waals surface area contributed by atoms with Crippen molar-refractivity contribution >= 4 is 12.1 Å². The molecule has 0 aromatic heterocycles. The smallest absolute Gasteiger partial charge is 0.407 e. The van der Waals surface area contributed by atoms with Gasteiger partial charge in [0.05, 0.1) is 20.1 Å². The highest BCUT2D eigenvalue weighted by atomic mass is 16.6. The van der Waals surface area contributed by atoms with Gasteiger partial charge in [0.1, 0.15) is 11.4 Å². The summed E-state index contributed by atoms with van der Waals surface area (Å²) in [5, 5.41) is 2.59. The number of hydrogen-bond donors (Lipinski definition) is 1. The SMILES string of the molecule is COC(=O)C(CNC(=O)OC(C)(C)C)c1ccc(OC)cc1. The summed E-state index contributed by atoms with van der Waals surface area (Å²) in [6.07, 6.45) is -0.574. The highest BCUT2D eigenvalue weighted by Crippen LogP contribution is 2.20. The number of hydrogen-bond acceptors (Lipinski definition) is 5. The minimum absolute atomic E-state index is 0.0912. The fraction of sp³-hybridized carbons (Fsp3) is 0.500. The lowest BCUT2D eigenvalue weighted by molar-refractivity contribution is -0.142. The number of carbonyl (C=O) groups is 2. The molecule has 1 atom stereocenters. The van der Waals surface area contributed by atoms with Gasteiger partial charge in [-0.1, -0.05) is 12.1 Å². The number of nitrogens with one attached hydrogen (secondary N) is 1. The lowest BCUT2D eigenvalue weighted by Gasteiger charge is -2.21. The molecule has 0 heterocycles. The van der Waals surface area contributed by atoms with Gasteiger partial charge in [0.15, 0.2) is 0 Å². The van der Waals surface area contributed by atoms with Gasteiger partial charge in [-0.25, -0.2) is 4.79 Å². The normalized spacial score (nSPS) is 12.2. The van der Waals surface area contributed by atoms with Crippen molar-refractivity contribution in [2.75, 3.05) is 20.8 Å². The van der Waals surface area contributed by atoms with Gasteiger partial charge in [0.25, 0.3) is 0 Å². The highest BCUT2D eigenvalue weighted by molar-refractivity contribution is 5.79. The largest absolute Gasteiger partial charge is 0.497 e. The van der Waals surface area contributed by atoms with E-state index < -0.39 is 23.6 Å². The molecule has 0 aliphatic heterocycles. The highest BCUT2D eigenvalue weighted by Gasteiger charge is 2.24. The third-order valence-corrected chi connectivity index (χ3v) is 2.85.